The number of amides is 5. The molecule has 10 atom stereocenters. The molecule has 480 valence electrons. The predicted octanol–water partition coefficient (Wildman–Crippen LogP) is 0.554. The highest BCUT2D eigenvalue weighted by atomic mass is 16.3. The minimum Gasteiger partial charge on any atom is -0.508 e. The van der Waals surface area contributed by atoms with Gasteiger partial charge in [0.25, 0.3) is 0 Å². The Labute approximate surface area is 504 Å². The van der Waals surface area contributed by atoms with E-state index in [0.29, 0.717) is 18.5 Å². The molecule has 0 radical (unpaired) electrons. The number of aromatic amines is 1. The molecule has 0 saturated carbocycles. The van der Waals surface area contributed by atoms with Gasteiger partial charge in [-0.2, -0.15) is 0 Å². The number of nitrogens with one attached hydrogen (secondary N) is 5. The van der Waals surface area contributed by atoms with E-state index in [1.165, 1.54) is 24.7 Å². The SMILES string of the molecule is CC[C@H](C)[C@H](CC(=O)[C@H](CO)NC(=O)[C@@H](CC(=O)[C@H](CC(C)C)NC(=O)[C@H](CCCN=C(N)N)CC(=O)[C@H](CCCN=C(N)N)NC(=O)[C@@H](CC(=O)[C@H](CCCN=C(N)N)NC(=O)[C@@H](C)Cc1ccc(O)cc1)Cc1cnc[nH]1)CC(C)C)C(N)=O. The summed E-state index contributed by atoms with van der Waals surface area (Å²) in [7, 11) is 0. The van der Waals surface area contributed by atoms with Gasteiger partial charge in [-0.25, -0.2) is 4.98 Å². The molecule has 0 aliphatic heterocycles. The zero-order valence-electron chi connectivity index (χ0n) is 51.2. The monoisotopic (exact) mass is 1210 g/mol. The molecular weight excluding hydrogens is 1110 g/mol. The maximum absolute atomic E-state index is 14.8. The molecule has 0 fully saturated rings. The van der Waals surface area contributed by atoms with Crippen LogP contribution in [0.1, 0.15) is 143 Å². The summed E-state index contributed by atoms with van der Waals surface area (Å²) < 4.78 is 0. The van der Waals surface area contributed by atoms with Crippen molar-refractivity contribution in [2.45, 2.75) is 169 Å². The minimum absolute atomic E-state index is 0.0170. The number of benzene rings is 1. The number of hydrogen-bond acceptors (Lipinski definition) is 15. The van der Waals surface area contributed by atoms with Crippen molar-refractivity contribution in [1.29, 1.82) is 0 Å². The van der Waals surface area contributed by atoms with Crippen molar-refractivity contribution in [2.75, 3.05) is 26.2 Å². The number of Topliss-reactive ketones (excluding diaryl/α,β-unsaturated/α-hetero) is 4. The van der Waals surface area contributed by atoms with E-state index >= 15 is 0 Å². The second-order valence-corrected chi connectivity index (χ2v) is 23.3. The molecule has 27 nitrogen and oxygen atoms in total. The first-order valence-electron chi connectivity index (χ1n) is 29.7. The lowest BCUT2D eigenvalue weighted by Crippen LogP contribution is -2.50. The molecule has 0 aliphatic rings. The lowest BCUT2D eigenvalue weighted by Gasteiger charge is -2.27. The highest BCUT2D eigenvalue weighted by Gasteiger charge is 2.36. The van der Waals surface area contributed by atoms with E-state index in [-0.39, 0.29) is 132 Å². The molecule has 2 aromatic rings. The van der Waals surface area contributed by atoms with Crippen LogP contribution >= 0.6 is 0 Å². The van der Waals surface area contributed by atoms with Gasteiger partial charge >= 0.3 is 0 Å². The van der Waals surface area contributed by atoms with Crippen LogP contribution in [0.15, 0.2) is 51.8 Å². The van der Waals surface area contributed by atoms with Crippen LogP contribution in [0.5, 0.6) is 5.75 Å². The number of hydrogen-bond donors (Lipinski definition) is 14. The van der Waals surface area contributed by atoms with Crippen LogP contribution < -0.4 is 61.4 Å². The number of carbonyl (C=O) groups is 9. The van der Waals surface area contributed by atoms with Crippen LogP contribution in [-0.4, -0.2) is 141 Å². The number of nitrogens with zero attached hydrogens (tertiary/aromatic N) is 4. The number of aromatic nitrogens is 2. The maximum Gasteiger partial charge on any atom is 0.224 e. The van der Waals surface area contributed by atoms with Crippen LogP contribution in [0.3, 0.4) is 0 Å². The first-order chi connectivity index (χ1) is 40.5. The fraction of sp³-hybridized carbons (Fsp3) is 0.644. The smallest absolute Gasteiger partial charge is 0.224 e. The van der Waals surface area contributed by atoms with Crippen molar-refractivity contribution in [3.05, 3.63) is 48.0 Å². The number of phenols is 1. The molecule has 1 aromatic heterocycles. The third-order valence-electron chi connectivity index (χ3n) is 14.9. The van der Waals surface area contributed by atoms with Crippen molar-refractivity contribution in [1.82, 2.24) is 31.2 Å². The van der Waals surface area contributed by atoms with Gasteiger partial charge in [0.05, 0.1) is 37.0 Å². The topological polar surface area (TPSA) is 490 Å². The molecule has 0 unspecified atom stereocenters. The number of carbonyl (C=O) groups excluding carboxylic acids is 9. The van der Waals surface area contributed by atoms with E-state index in [1.807, 2.05) is 34.6 Å². The molecule has 86 heavy (non-hydrogen) atoms. The Kier molecular flexibility index (Phi) is 33.5. The van der Waals surface area contributed by atoms with Gasteiger partial charge in [0.1, 0.15) is 11.8 Å². The number of aliphatic imine (C=N–C) groups is 3. The van der Waals surface area contributed by atoms with Crippen LogP contribution in [-0.2, 0) is 56.0 Å². The van der Waals surface area contributed by atoms with E-state index in [1.54, 1.807) is 26.0 Å². The highest BCUT2D eigenvalue weighted by Crippen LogP contribution is 2.25. The number of primary amides is 1. The summed E-state index contributed by atoms with van der Waals surface area (Å²) >= 11 is 0. The number of ketones is 4. The zero-order chi connectivity index (χ0) is 64.6. The van der Waals surface area contributed by atoms with Crippen LogP contribution in [0.4, 0.5) is 0 Å². The summed E-state index contributed by atoms with van der Waals surface area (Å²) in [6, 6.07) is 1.49. The summed E-state index contributed by atoms with van der Waals surface area (Å²) in [6.07, 6.45) is 3.28. The molecule has 2 rings (SSSR count). The Morgan fingerprint density at radius 3 is 1.47 bits per heavy atom. The number of imidazole rings is 1. The quantitative estimate of drug-likeness (QED) is 0.0245. The summed E-state index contributed by atoms with van der Waals surface area (Å²) in [5, 5.41) is 31.2. The second-order valence-electron chi connectivity index (χ2n) is 23.3. The Morgan fingerprint density at radius 2 is 0.988 bits per heavy atom. The standard InChI is InChI=1S/C59H98N16O11/c1-8-35(6)43(52(60)82)29-51(81)47(31-76)75-55(85)39(22-33(2)3)27-50(80)46(23-34(4)5)74-54(84)38(12-9-19-68-57(61)62)26-48(78)45(14-11-21-70-59(65)66)73-56(86)40(25-41-30-67-32-71-41)28-49(79)44(13-10-20-69-58(63)64)72-53(83)36(7)24-37-15-17-42(77)18-16-37/h15-18,30,32-36,38-40,43-47,76-77H,8-14,19-29,31H2,1-7H3,(H2,60,82)(H,67,71)(H,72,83)(H,73,86)(H,74,84)(H,75,85)(H4,61,62,68)(H4,63,64,69)(H4,65,66,70)/t35-,36-,38+,39+,40+,43-,44-,45-,46-,47-/m0/s1. The molecule has 0 saturated heterocycles. The highest BCUT2D eigenvalue weighted by molar-refractivity contribution is 5.98. The van der Waals surface area contributed by atoms with E-state index in [4.69, 9.17) is 40.1 Å². The first-order valence-corrected chi connectivity index (χ1v) is 29.7. The lowest BCUT2D eigenvalue weighted by atomic mass is 9.85. The van der Waals surface area contributed by atoms with Crippen molar-refractivity contribution < 1.29 is 53.4 Å². The van der Waals surface area contributed by atoms with Gasteiger partial charge in [0.15, 0.2) is 41.0 Å². The Hall–Kier alpha value is -7.97. The number of aliphatic hydroxyl groups excluding tert-OH is 1. The number of H-pyrrole nitrogens is 1. The van der Waals surface area contributed by atoms with Gasteiger partial charge in [0.2, 0.25) is 29.5 Å². The largest absolute Gasteiger partial charge is 0.508 e. The number of guanidine groups is 3. The summed E-state index contributed by atoms with van der Waals surface area (Å²) in [4.78, 5) is 146. The number of nitrogens with two attached hydrogens (primary N) is 7. The number of rotatable bonds is 44. The average molecular weight is 1210 g/mol. The zero-order valence-corrected chi connectivity index (χ0v) is 51.2. The van der Waals surface area contributed by atoms with Crippen molar-refractivity contribution in [3.8, 4) is 5.75 Å². The maximum atomic E-state index is 14.8. The van der Waals surface area contributed by atoms with E-state index in [9.17, 15) is 53.4 Å². The van der Waals surface area contributed by atoms with Gasteiger partial charge in [0, 0.05) is 87.3 Å². The molecule has 0 aliphatic carbocycles. The van der Waals surface area contributed by atoms with E-state index in [0.717, 1.165) is 5.56 Å². The van der Waals surface area contributed by atoms with Gasteiger partial charge in [-0.3, -0.25) is 58.1 Å². The van der Waals surface area contributed by atoms with Crippen molar-refractivity contribution in [3.63, 3.8) is 0 Å². The molecule has 1 heterocycles. The summed E-state index contributed by atoms with van der Waals surface area (Å²) in [5.41, 5.74) is 40.4. The third kappa shape index (κ3) is 28.7. The minimum atomic E-state index is -1.38. The molecule has 27 heteroatoms. The van der Waals surface area contributed by atoms with Crippen molar-refractivity contribution >= 4 is 70.5 Å². The van der Waals surface area contributed by atoms with Crippen molar-refractivity contribution in [2.24, 2.45) is 102 Å². The number of aromatic hydroxyl groups is 1. The molecule has 0 bridgehead atoms. The Bertz CT molecular complexity index is 2580. The van der Waals surface area contributed by atoms with Gasteiger partial charge < -0.3 is 76.6 Å². The Morgan fingerprint density at radius 1 is 0.547 bits per heavy atom. The van der Waals surface area contributed by atoms with E-state index < -0.39 is 126 Å². The van der Waals surface area contributed by atoms with Crippen LogP contribution in [0.2, 0.25) is 0 Å². The second kappa shape index (κ2) is 38.9. The molecule has 0 spiro atoms. The lowest BCUT2D eigenvalue weighted by molar-refractivity contribution is -0.136. The van der Waals surface area contributed by atoms with Crippen LogP contribution in [0.25, 0.3) is 0 Å². The van der Waals surface area contributed by atoms with E-state index in [2.05, 4.69) is 46.2 Å². The van der Waals surface area contributed by atoms with Gasteiger partial charge in [-0.1, -0.05) is 67.0 Å². The molecule has 21 N–H and O–H groups in total. The van der Waals surface area contributed by atoms with Gasteiger partial charge in [-0.05, 0) is 93.2 Å². The Balaban J connectivity index is 2.56. The fourth-order valence-electron chi connectivity index (χ4n) is 9.89. The van der Waals surface area contributed by atoms with Crippen LogP contribution in [0, 0.1) is 47.3 Å². The molecule has 1 aromatic carbocycles. The first kappa shape index (κ1) is 74.1. The molecule has 5 amide bonds. The van der Waals surface area contributed by atoms with Gasteiger partial charge in [-0.15, -0.1) is 0 Å². The normalized spacial score (nSPS) is 14.8. The summed E-state index contributed by atoms with van der Waals surface area (Å²) in [6.45, 7) is 12.2. The summed E-state index contributed by atoms with van der Waals surface area (Å²) in [5.74, 6) is -11.1. The molecular formula is C59H98N16O11. The predicted molar refractivity (Wildman–Crippen MR) is 328 cm³/mol. The number of phenolic OH excluding ortho intramolecular Hbond substituents is 1. The average Bonchev–Trinajstić information content (AvgIpc) is 2.96. The third-order valence-corrected chi connectivity index (χ3v) is 14.9. The number of aliphatic hydroxyl groups is 1. The fourth-order valence-corrected chi connectivity index (χ4v) is 9.89.